The third-order valence-corrected chi connectivity index (χ3v) is 4.82. The van der Waals surface area contributed by atoms with Crippen LogP contribution in [0.5, 0.6) is 5.75 Å². The molecule has 8 heteroatoms. The molecule has 0 amide bonds. The topological polar surface area (TPSA) is 79.4 Å². The number of para-hydroxylation sites is 1. The van der Waals surface area contributed by atoms with E-state index in [1.165, 1.54) is 11.3 Å². The lowest BCUT2D eigenvalue weighted by molar-refractivity contribution is 0.0435. The van der Waals surface area contributed by atoms with Gasteiger partial charge in [0.05, 0.1) is 17.9 Å². The Morgan fingerprint density at radius 1 is 1.18 bits per heavy atom. The Morgan fingerprint density at radius 2 is 2.00 bits per heavy atom. The summed E-state index contributed by atoms with van der Waals surface area (Å²) in [5.74, 6) is 0.838. The van der Waals surface area contributed by atoms with Crippen LogP contribution in [0.2, 0.25) is 0 Å². The van der Waals surface area contributed by atoms with Crippen LogP contribution in [0.25, 0.3) is 17.1 Å². The van der Waals surface area contributed by atoms with Crippen molar-refractivity contribution in [1.82, 2.24) is 14.7 Å². The monoisotopic (exact) mass is 395 g/mol. The van der Waals surface area contributed by atoms with E-state index in [0.29, 0.717) is 23.1 Å². The maximum atomic E-state index is 12.5. The zero-order valence-corrected chi connectivity index (χ0v) is 15.9. The number of carbonyl (C=O) groups is 1. The van der Waals surface area contributed by atoms with Gasteiger partial charge in [-0.05, 0) is 42.6 Å². The molecule has 0 aliphatic rings. The molecule has 1 aromatic carbocycles. The largest absolute Gasteiger partial charge is 0.493 e. The third-order valence-electron chi connectivity index (χ3n) is 3.94. The average Bonchev–Trinajstić information content (AvgIpc) is 3.48. The zero-order valence-electron chi connectivity index (χ0n) is 15.1. The molecule has 3 heterocycles. The Balaban J connectivity index is 1.46. The van der Waals surface area contributed by atoms with Gasteiger partial charge >= 0.3 is 5.97 Å². The lowest BCUT2D eigenvalue weighted by atomic mass is 10.2. The van der Waals surface area contributed by atoms with E-state index in [0.717, 1.165) is 11.3 Å². The second-order valence-electron chi connectivity index (χ2n) is 5.74. The number of hydrogen-bond acceptors (Lipinski definition) is 7. The van der Waals surface area contributed by atoms with Crippen molar-refractivity contribution in [3.05, 3.63) is 71.0 Å². The van der Waals surface area contributed by atoms with Crippen LogP contribution < -0.4 is 4.74 Å². The molecule has 7 nitrogen and oxygen atoms in total. The molecule has 0 aliphatic heterocycles. The quantitative estimate of drug-likeness (QED) is 0.433. The summed E-state index contributed by atoms with van der Waals surface area (Å²) in [5.41, 5.74) is 1.50. The minimum absolute atomic E-state index is 0.106. The number of carbonyl (C=O) groups excluding carboxylic acids is 1. The van der Waals surface area contributed by atoms with Crippen LogP contribution in [0.1, 0.15) is 22.5 Å². The normalized spacial score (nSPS) is 10.8. The minimum Gasteiger partial charge on any atom is -0.493 e. The molecule has 3 aromatic heterocycles. The molecule has 142 valence electrons. The number of thiophene rings is 1. The number of ether oxygens (including phenoxy) is 2. The molecule has 0 spiro atoms. The summed E-state index contributed by atoms with van der Waals surface area (Å²) in [7, 11) is 0. The summed E-state index contributed by atoms with van der Waals surface area (Å²) in [6.45, 7) is 2.33. The number of esters is 1. The van der Waals surface area contributed by atoms with Gasteiger partial charge in [-0.15, -0.1) is 11.3 Å². The molecule has 0 saturated carbocycles. The summed E-state index contributed by atoms with van der Waals surface area (Å²) in [4.78, 5) is 17.3. The lowest BCUT2D eigenvalue weighted by Gasteiger charge is -2.06. The zero-order chi connectivity index (χ0) is 19.3. The number of rotatable bonds is 7. The average molecular weight is 395 g/mol. The van der Waals surface area contributed by atoms with Crippen molar-refractivity contribution >= 4 is 17.3 Å². The van der Waals surface area contributed by atoms with Crippen molar-refractivity contribution in [2.45, 2.75) is 13.5 Å². The van der Waals surface area contributed by atoms with Crippen molar-refractivity contribution in [3.8, 4) is 22.8 Å². The van der Waals surface area contributed by atoms with Gasteiger partial charge in [0, 0.05) is 12.4 Å². The molecule has 0 fully saturated rings. The van der Waals surface area contributed by atoms with Gasteiger partial charge in [0.15, 0.2) is 6.61 Å². The summed E-state index contributed by atoms with van der Waals surface area (Å²) < 4.78 is 18.0. The van der Waals surface area contributed by atoms with Crippen molar-refractivity contribution in [2.24, 2.45) is 0 Å². The first-order valence-corrected chi connectivity index (χ1v) is 9.57. The van der Waals surface area contributed by atoms with E-state index in [2.05, 4.69) is 10.1 Å². The Labute approximate surface area is 165 Å². The summed E-state index contributed by atoms with van der Waals surface area (Å²) in [6, 6.07) is 13.1. The Hall–Kier alpha value is -3.39. The van der Waals surface area contributed by atoms with E-state index in [9.17, 15) is 4.79 Å². The predicted molar refractivity (Wildman–Crippen MR) is 104 cm³/mol. The molecule has 28 heavy (non-hydrogen) atoms. The molecule has 0 N–H and O–H groups in total. The van der Waals surface area contributed by atoms with Crippen molar-refractivity contribution in [1.29, 1.82) is 0 Å². The first kappa shape index (κ1) is 18.0. The summed E-state index contributed by atoms with van der Waals surface area (Å²) in [5, 5.41) is 5.82. The number of nitrogens with zero attached hydrogens (tertiary/aromatic N) is 3. The van der Waals surface area contributed by atoms with Crippen LogP contribution in [0.15, 0.2) is 64.8 Å². The molecule has 0 saturated heterocycles. The first-order valence-electron chi connectivity index (χ1n) is 8.69. The van der Waals surface area contributed by atoms with Crippen LogP contribution in [0.3, 0.4) is 0 Å². The van der Waals surface area contributed by atoms with Gasteiger partial charge in [-0.25, -0.2) is 4.79 Å². The Morgan fingerprint density at radius 3 is 2.82 bits per heavy atom. The lowest BCUT2D eigenvalue weighted by Crippen LogP contribution is -2.06. The van der Waals surface area contributed by atoms with E-state index < -0.39 is 5.97 Å². The molecule has 4 rings (SSSR count). The second kappa shape index (κ2) is 8.10. The van der Waals surface area contributed by atoms with Gasteiger partial charge in [0.1, 0.15) is 10.6 Å². The second-order valence-corrected chi connectivity index (χ2v) is 6.66. The van der Waals surface area contributed by atoms with Crippen LogP contribution in [-0.2, 0) is 11.3 Å². The molecular formula is C20H17N3O4S. The molecule has 0 atom stereocenters. The van der Waals surface area contributed by atoms with Crippen LogP contribution in [-0.4, -0.2) is 27.3 Å². The SMILES string of the molecule is CCOc1ccccc1-c1noc(COC(=O)c2sccc2-n2cccc2)n1. The van der Waals surface area contributed by atoms with Gasteiger partial charge in [-0.3, -0.25) is 0 Å². The maximum Gasteiger partial charge on any atom is 0.350 e. The highest BCUT2D eigenvalue weighted by Crippen LogP contribution is 2.28. The van der Waals surface area contributed by atoms with Crippen LogP contribution >= 0.6 is 11.3 Å². The Kier molecular flexibility index (Phi) is 5.20. The van der Waals surface area contributed by atoms with Crippen molar-refractivity contribution < 1.29 is 18.8 Å². The molecule has 0 bridgehead atoms. The Bertz CT molecular complexity index is 1070. The van der Waals surface area contributed by atoms with E-state index >= 15 is 0 Å². The fourth-order valence-electron chi connectivity index (χ4n) is 2.70. The molecule has 0 radical (unpaired) electrons. The fourth-order valence-corrected chi connectivity index (χ4v) is 3.48. The molecule has 0 aliphatic carbocycles. The summed E-state index contributed by atoms with van der Waals surface area (Å²) >= 11 is 1.32. The van der Waals surface area contributed by atoms with Crippen LogP contribution in [0, 0.1) is 0 Å². The van der Waals surface area contributed by atoms with Crippen molar-refractivity contribution in [2.75, 3.05) is 6.61 Å². The van der Waals surface area contributed by atoms with E-state index in [1.807, 2.05) is 71.7 Å². The highest BCUT2D eigenvalue weighted by molar-refractivity contribution is 7.12. The molecule has 4 aromatic rings. The number of aromatic nitrogens is 3. The van der Waals surface area contributed by atoms with E-state index in [4.69, 9.17) is 14.0 Å². The summed E-state index contributed by atoms with van der Waals surface area (Å²) in [6.07, 6.45) is 3.75. The third kappa shape index (κ3) is 3.67. The minimum atomic E-state index is -0.437. The van der Waals surface area contributed by atoms with Gasteiger partial charge in [0.25, 0.3) is 5.89 Å². The molecule has 0 unspecified atom stereocenters. The van der Waals surface area contributed by atoms with Gasteiger partial charge in [-0.2, -0.15) is 4.98 Å². The highest BCUT2D eigenvalue weighted by Gasteiger charge is 2.18. The van der Waals surface area contributed by atoms with Gasteiger partial charge in [-0.1, -0.05) is 17.3 Å². The van der Waals surface area contributed by atoms with Gasteiger partial charge < -0.3 is 18.6 Å². The van der Waals surface area contributed by atoms with Gasteiger partial charge in [0.2, 0.25) is 5.82 Å². The highest BCUT2D eigenvalue weighted by atomic mass is 32.1. The predicted octanol–water partition coefficient (Wildman–Crippen LogP) is 4.34. The first-order chi connectivity index (χ1) is 13.8. The van der Waals surface area contributed by atoms with Crippen LogP contribution in [0.4, 0.5) is 0 Å². The maximum absolute atomic E-state index is 12.5. The van der Waals surface area contributed by atoms with E-state index in [1.54, 1.807) is 0 Å². The number of hydrogen-bond donors (Lipinski definition) is 0. The van der Waals surface area contributed by atoms with Crippen molar-refractivity contribution in [3.63, 3.8) is 0 Å². The smallest absolute Gasteiger partial charge is 0.350 e. The fraction of sp³-hybridized carbons (Fsp3) is 0.150. The standard InChI is InChI=1S/C20H17N3O4S/c1-2-25-16-8-4-3-7-14(16)19-21-17(27-22-19)13-26-20(24)18-15(9-12-28-18)23-10-5-6-11-23/h3-12H,2,13H2,1H3. The molecular weight excluding hydrogens is 378 g/mol. The van der Waals surface area contributed by atoms with E-state index in [-0.39, 0.29) is 12.5 Å². The number of benzene rings is 1.